The average Bonchev–Trinajstić information content (AvgIpc) is 2.39. The van der Waals surface area contributed by atoms with Gasteiger partial charge in [0.2, 0.25) is 0 Å². The van der Waals surface area contributed by atoms with Crippen molar-refractivity contribution in [2.45, 2.75) is 13.3 Å². The summed E-state index contributed by atoms with van der Waals surface area (Å²) in [6.45, 7) is 1.80. The van der Waals surface area contributed by atoms with Gasteiger partial charge >= 0.3 is 5.97 Å². The van der Waals surface area contributed by atoms with E-state index in [4.69, 9.17) is 10.5 Å². The Labute approximate surface area is 118 Å². The molecule has 0 amide bonds. The molecular weight excluding hydrogens is 282 g/mol. The Morgan fingerprint density at radius 1 is 1.30 bits per heavy atom. The molecule has 0 spiro atoms. The third-order valence-corrected chi connectivity index (χ3v) is 4.42. The normalized spacial score (nSPS) is 11.1. The molecule has 0 heterocycles. The van der Waals surface area contributed by atoms with Crippen molar-refractivity contribution in [3.8, 4) is 5.75 Å². The number of benzene rings is 1. The first-order chi connectivity index (χ1) is 9.39. The summed E-state index contributed by atoms with van der Waals surface area (Å²) >= 11 is 0. The first kappa shape index (κ1) is 16.3. The second-order valence-electron chi connectivity index (χ2n) is 4.24. The van der Waals surface area contributed by atoms with Crippen LogP contribution in [0.5, 0.6) is 5.75 Å². The second-order valence-corrected chi connectivity index (χ2v) is 6.55. The largest absolute Gasteiger partial charge is 0.490 e. The van der Waals surface area contributed by atoms with Crippen molar-refractivity contribution < 1.29 is 22.7 Å². The van der Waals surface area contributed by atoms with Gasteiger partial charge in [0.15, 0.2) is 9.84 Å². The molecule has 7 heteroatoms. The fourth-order valence-corrected chi connectivity index (χ4v) is 2.76. The van der Waals surface area contributed by atoms with Crippen LogP contribution in [0.1, 0.15) is 23.7 Å². The highest BCUT2D eigenvalue weighted by Crippen LogP contribution is 2.23. The fourth-order valence-electron chi connectivity index (χ4n) is 1.60. The number of rotatable bonds is 7. The van der Waals surface area contributed by atoms with Gasteiger partial charge in [0.05, 0.1) is 29.9 Å². The molecule has 1 aromatic carbocycles. The number of nitrogen functional groups attached to an aromatic ring is 1. The molecule has 2 N–H and O–H groups in total. The summed E-state index contributed by atoms with van der Waals surface area (Å²) in [4.78, 5) is 11.4. The maximum absolute atomic E-state index is 11.5. The number of carbonyl (C=O) groups excluding carboxylic acids is 1. The Morgan fingerprint density at radius 2 is 2.00 bits per heavy atom. The van der Waals surface area contributed by atoms with Crippen LogP contribution in [0.2, 0.25) is 0 Å². The minimum atomic E-state index is -3.10. The van der Waals surface area contributed by atoms with Crippen LogP contribution in [0.4, 0.5) is 5.69 Å². The molecule has 0 fully saturated rings. The Hall–Kier alpha value is -1.76. The van der Waals surface area contributed by atoms with Crippen LogP contribution in [-0.4, -0.2) is 39.6 Å². The first-order valence-corrected chi connectivity index (χ1v) is 8.03. The maximum Gasteiger partial charge on any atom is 0.337 e. The molecule has 1 aromatic rings. The Bertz CT molecular complexity index is 568. The van der Waals surface area contributed by atoms with E-state index >= 15 is 0 Å². The van der Waals surface area contributed by atoms with Crippen LogP contribution < -0.4 is 10.5 Å². The number of hydrogen-bond donors (Lipinski definition) is 1. The number of carbonyl (C=O) groups is 1. The summed E-state index contributed by atoms with van der Waals surface area (Å²) < 4.78 is 33.0. The van der Waals surface area contributed by atoms with Crippen LogP contribution in [0.3, 0.4) is 0 Å². The molecule has 0 radical (unpaired) electrons. The second kappa shape index (κ2) is 7.14. The molecule has 0 aliphatic carbocycles. The fraction of sp³-hybridized carbons (Fsp3) is 0.462. The highest BCUT2D eigenvalue weighted by Gasteiger charge is 2.12. The van der Waals surface area contributed by atoms with E-state index in [0.29, 0.717) is 17.7 Å². The molecule has 0 unspecified atom stereocenters. The molecule has 20 heavy (non-hydrogen) atoms. The van der Waals surface area contributed by atoms with Gasteiger partial charge in [-0.15, -0.1) is 0 Å². The lowest BCUT2D eigenvalue weighted by Crippen LogP contribution is -2.17. The van der Waals surface area contributed by atoms with Crippen molar-refractivity contribution in [3.05, 3.63) is 23.8 Å². The summed E-state index contributed by atoms with van der Waals surface area (Å²) in [7, 11) is -1.83. The summed E-state index contributed by atoms with van der Waals surface area (Å²) in [5.41, 5.74) is 6.35. The molecule has 0 saturated heterocycles. The SMILES string of the molecule is CCCS(=O)(=O)CCOc1cc(C(=O)OC)ccc1N. The van der Waals surface area contributed by atoms with Gasteiger partial charge in [0.25, 0.3) is 0 Å². The Balaban J connectivity index is 2.70. The van der Waals surface area contributed by atoms with Crippen LogP contribution >= 0.6 is 0 Å². The van der Waals surface area contributed by atoms with Crippen molar-refractivity contribution in [1.29, 1.82) is 0 Å². The number of hydrogen-bond acceptors (Lipinski definition) is 6. The van der Waals surface area contributed by atoms with E-state index in [1.165, 1.54) is 25.3 Å². The zero-order valence-electron chi connectivity index (χ0n) is 11.6. The van der Waals surface area contributed by atoms with Crippen molar-refractivity contribution in [2.24, 2.45) is 0 Å². The highest BCUT2D eigenvalue weighted by molar-refractivity contribution is 7.91. The van der Waals surface area contributed by atoms with Gasteiger partial charge in [0.1, 0.15) is 12.4 Å². The topological polar surface area (TPSA) is 95.7 Å². The van der Waals surface area contributed by atoms with E-state index in [1.54, 1.807) is 6.92 Å². The van der Waals surface area contributed by atoms with E-state index < -0.39 is 15.8 Å². The van der Waals surface area contributed by atoms with E-state index in [-0.39, 0.29) is 23.9 Å². The molecule has 0 atom stereocenters. The number of esters is 1. The van der Waals surface area contributed by atoms with Gasteiger partial charge in [-0.3, -0.25) is 0 Å². The Morgan fingerprint density at radius 3 is 2.60 bits per heavy atom. The monoisotopic (exact) mass is 301 g/mol. The van der Waals surface area contributed by atoms with E-state index in [0.717, 1.165) is 0 Å². The van der Waals surface area contributed by atoms with Gasteiger partial charge in [-0.25, -0.2) is 13.2 Å². The molecular formula is C13H19NO5S. The van der Waals surface area contributed by atoms with E-state index in [9.17, 15) is 13.2 Å². The molecule has 0 aromatic heterocycles. The van der Waals surface area contributed by atoms with E-state index in [1.807, 2.05) is 0 Å². The Kier molecular flexibility index (Phi) is 5.82. The highest BCUT2D eigenvalue weighted by atomic mass is 32.2. The van der Waals surface area contributed by atoms with E-state index in [2.05, 4.69) is 4.74 Å². The van der Waals surface area contributed by atoms with Crippen LogP contribution in [0.25, 0.3) is 0 Å². The predicted molar refractivity (Wildman–Crippen MR) is 76.6 cm³/mol. The lowest BCUT2D eigenvalue weighted by Gasteiger charge is -2.10. The minimum absolute atomic E-state index is 0.00282. The van der Waals surface area contributed by atoms with Crippen molar-refractivity contribution in [2.75, 3.05) is 31.0 Å². The molecule has 6 nitrogen and oxygen atoms in total. The molecule has 0 bridgehead atoms. The summed E-state index contributed by atoms with van der Waals surface area (Å²) in [5, 5.41) is 0. The first-order valence-electron chi connectivity index (χ1n) is 6.20. The number of ether oxygens (including phenoxy) is 2. The molecule has 0 aliphatic rings. The lowest BCUT2D eigenvalue weighted by molar-refractivity contribution is 0.0600. The minimum Gasteiger partial charge on any atom is -0.490 e. The lowest BCUT2D eigenvalue weighted by atomic mass is 10.2. The molecule has 1 rings (SSSR count). The number of anilines is 1. The number of sulfone groups is 1. The van der Waals surface area contributed by atoms with Crippen molar-refractivity contribution in [3.63, 3.8) is 0 Å². The van der Waals surface area contributed by atoms with Crippen LogP contribution in [0.15, 0.2) is 18.2 Å². The van der Waals surface area contributed by atoms with Gasteiger partial charge in [-0.1, -0.05) is 6.92 Å². The third kappa shape index (κ3) is 4.73. The van der Waals surface area contributed by atoms with Gasteiger partial charge < -0.3 is 15.2 Å². The average molecular weight is 301 g/mol. The zero-order valence-corrected chi connectivity index (χ0v) is 12.4. The van der Waals surface area contributed by atoms with Crippen LogP contribution in [0, 0.1) is 0 Å². The van der Waals surface area contributed by atoms with Crippen molar-refractivity contribution in [1.82, 2.24) is 0 Å². The predicted octanol–water partition coefficient (Wildman–Crippen LogP) is 1.26. The smallest absolute Gasteiger partial charge is 0.337 e. The number of nitrogens with two attached hydrogens (primary N) is 1. The molecule has 112 valence electrons. The van der Waals surface area contributed by atoms with Crippen molar-refractivity contribution >= 4 is 21.5 Å². The van der Waals surface area contributed by atoms with Gasteiger partial charge in [0, 0.05) is 0 Å². The van der Waals surface area contributed by atoms with Gasteiger partial charge in [-0.05, 0) is 24.6 Å². The summed E-state index contributed by atoms with van der Waals surface area (Å²) in [6.07, 6.45) is 0.572. The van der Waals surface area contributed by atoms with Crippen LogP contribution in [-0.2, 0) is 14.6 Å². The number of methoxy groups -OCH3 is 1. The summed E-state index contributed by atoms with van der Waals surface area (Å²) in [6, 6.07) is 4.47. The standard InChI is InChI=1S/C13H19NO5S/c1-3-7-20(16,17)8-6-19-12-9-10(13(15)18-2)4-5-11(12)14/h4-5,9H,3,6-8,14H2,1-2H3. The zero-order chi connectivity index (χ0) is 15.2. The third-order valence-electron chi connectivity index (χ3n) is 2.60. The molecule has 0 saturated carbocycles. The van der Waals surface area contributed by atoms with Gasteiger partial charge in [-0.2, -0.15) is 0 Å². The molecule has 0 aliphatic heterocycles. The summed E-state index contributed by atoms with van der Waals surface area (Å²) in [5.74, 6) is -0.176. The quantitative estimate of drug-likeness (QED) is 0.601. The maximum atomic E-state index is 11.5.